The molecule has 0 atom stereocenters. The quantitative estimate of drug-likeness (QED) is 0.857. The summed E-state index contributed by atoms with van der Waals surface area (Å²) < 4.78 is 50.6. The van der Waals surface area contributed by atoms with E-state index in [9.17, 15) is 13.2 Å². The van der Waals surface area contributed by atoms with Gasteiger partial charge < -0.3 is 15.2 Å². The summed E-state index contributed by atoms with van der Waals surface area (Å²) in [6.07, 6.45) is -0.251. The van der Waals surface area contributed by atoms with Crippen molar-refractivity contribution in [2.24, 2.45) is 0 Å². The number of halogens is 3. The van der Waals surface area contributed by atoms with E-state index in [2.05, 4.69) is 0 Å². The van der Waals surface area contributed by atoms with Crippen LogP contribution in [0.4, 0.5) is 18.9 Å². The first-order valence-corrected chi connectivity index (χ1v) is 6.25. The van der Waals surface area contributed by atoms with Crippen molar-refractivity contribution in [3.05, 3.63) is 47.8 Å². The van der Waals surface area contributed by atoms with E-state index in [0.29, 0.717) is 6.07 Å². The Balaban J connectivity index is 2.34. The summed E-state index contributed by atoms with van der Waals surface area (Å²) in [7, 11) is 0. The van der Waals surface area contributed by atoms with Gasteiger partial charge in [-0.1, -0.05) is 0 Å². The summed E-state index contributed by atoms with van der Waals surface area (Å²) in [5.74, 6) is -2.51. The molecule has 0 aliphatic rings. The Morgan fingerprint density at radius 3 is 2.19 bits per heavy atom. The molecule has 0 unspecified atom stereocenters. The third-order valence-electron chi connectivity index (χ3n) is 2.54. The van der Waals surface area contributed by atoms with E-state index in [1.165, 1.54) is 6.07 Å². The van der Waals surface area contributed by atoms with Gasteiger partial charge in [-0.25, -0.2) is 13.2 Å². The first-order chi connectivity index (χ1) is 9.86. The molecule has 21 heavy (non-hydrogen) atoms. The molecule has 0 aromatic heterocycles. The maximum absolute atomic E-state index is 13.7. The van der Waals surface area contributed by atoms with Gasteiger partial charge in [-0.2, -0.15) is 0 Å². The summed E-state index contributed by atoms with van der Waals surface area (Å²) in [4.78, 5) is 0. The number of benzene rings is 2. The van der Waals surface area contributed by atoms with E-state index >= 15 is 0 Å². The van der Waals surface area contributed by atoms with Crippen molar-refractivity contribution in [2.45, 2.75) is 20.0 Å². The fraction of sp³-hybridized carbons (Fsp3) is 0.200. The summed E-state index contributed by atoms with van der Waals surface area (Å²) in [5.41, 5.74) is 5.61. The molecule has 0 aliphatic heterocycles. The highest BCUT2D eigenvalue weighted by molar-refractivity contribution is 5.57. The lowest BCUT2D eigenvalue weighted by atomic mass is 10.2. The molecule has 2 N–H and O–H groups in total. The van der Waals surface area contributed by atoms with Crippen LogP contribution in [0.3, 0.4) is 0 Å². The fourth-order valence-electron chi connectivity index (χ4n) is 1.66. The van der Waals surface area contributed by atoms with Crippen molar-refractivity contribution in [3.63, 3.8) is 0 Å². The van der Waals surface area contributed by atoms with Crippen LogP contribution in [-0.2, 0) is 0 Å². The summed E-state index contributed by atoms with van der Waals surface area (Å²) >= 11 is 0. The highest BCUT2D eigenvalue weighted by Gasteiger charge is 2.14. The van der Waals surface area contributed by atoms with Gasteiger partial charge in [0.05, 0.1) is 11.8 Å². The van der Waals surface area contributed by atoms with Crippen molar-refractivity contribution in [3.8, 4) is 17.2 Å². The number of ether oxygens (including phenoxy) is 2. The molecule has 3 nitrogen and oxygen atoms in total. The smallest absolute Gasteiger partial charge is 0.168 e. The molecular weight excluding hydrogens is 283 g/mol. The number of nitrogen functional groups attached to an aromatic ring is 1. The molecule has 0 fully saturated rings. The molecule has 0 aliphatic carbocycles. The Kier molecular flexibility index (Phi) is 4.26. The van der Waals surface area contributed by atoms with Gasteiger partial charge in [0, 0.05) is 18.2 Å². The van der Waals surface area contributed by atoms with Crippen LogP contribution < -0.4 is 15.2 Å². The van der Waals surface area contributed by atoms with E-state index in [1.807, 2.05) is 0 Å². The Morgan fingerprint density at radius 1 is 0.905 bits per heavy atom. The van der Waals surface area contributed by atoms with E-state index < -0.39 is 17.5 Å². The van der Waals surface area contributed by atoms with Gasteiger partial charge in [0.1, 0.15) is 5.82 Å². The van der Waals surface area contributed by atoms with E-state index in [4.69, 9.17) is 15.2 Å². The molecule has 0 amide bonds. The van der Waals surface area contributed by atoms with Crippen LogP contribution in [0.1, 0.15) is 13.8 Å². The first kappa shape index (κ1) is 15.0. The molecule has 0 bridgehead atoms. The van der Waals surface area contributed by atoms with E-state index in [0.717, 1.165) is 18.2 Å². The van der Waals surface area contributed by atoms with Gasteiger partial charge in [0.2, 0.25) is 0 Å². The maximum Gasteiger partial charge on any atom is 0.168 e. The number of hydrogen-bond acceptors (Lipinski definition) is 3. The van der Waals surface area contributed by atoms with Crippen molar-refractivity contribution < 1.29 is 22.6 Å². The minimum absolute atomic E-state index is 0.0210. The Labute approximate surface area is 120 Å². The van der Waals surface area contributed by atoms with Crippen LogP contribution in [0.2, 0.25) is 0 Å². The number of nitrogens with two attached hydrogens (primary N) is 1. The Hall–Kier alpha value is -2.37. The van der Waals surface area contributed by atoms with Crippen LogP contribution in [0, 0.1) is 17.5 Å². The lowest BCUT2D eigenvalue weighted by molar-refractivity contribution is 0.230. The average Bonchev–Trinajstić information content (AvgIpc) is 2.37. The Morgan fingerprint density at radius 2 is 1.57 bits per heavy atom. The van der Waals surface area contributed by atoms with Gasteiger partial charge >= 0.3 is 0 Å². The molecule has 2 aromatic carbocycles. The highest BCUT2D eigenvalue weighted by atomic mass is 19.1. The molecule has 2 aromatic rings. The van der Waals surface area contributed by atoms with Gasteiger partial charge in [-0.05, 0) is 26.0 Å². The number of rotatable bonds is 4. The average molecular weight is 297 g/mol. The zero-order valence-corrected chi connectivity index (χ0v) is 11.5. The molecule has 0 saturated carbocycles. The van der Waals surface area contributed by atoms with Crippen LogP contribution in [0.5, 0.6) is 17.2 Å². The Bertz CT molecular complexity index is 660. The summed E-state index contributed by atoms with van der Waals surface area (Å²) in [6.45, 7) is 3.46. The zero-order valence-electron chi connectivity index (χ0n) is 11.5. The van der Waals surface area contributed by atoms with Crippen molar-refractivity contribution in [2.75, 3.05) is 5.73 Å². The zero-order chi connectivity index (χ0) is 15.6. The summed E-state index contributed by atoms with van der Waals surface area (Å²) in [5, 5.41) is 0. The molecule has 0 radical (unpaired) electrons. The summed E-state index contributed by atoms with van der Waals surface area (Å²) in [6, 6.07) is 5.10. The van der Waals surface area contributed by atoms with Crippen LogP contribution in [-0.4, -0.2) is 6.10 Å². The van der Waals surface area contributed by atoms with Crippen molar-refractivity contribution >= 4 is 5.69 Å². The van der Waals surface area contributed by atoms with Gasteiger partial charge in [-0.15, -0.1) is 0 Å². The van der Waals surface area contributed by atoms with Gasteiger partial charge in [0.15, 0.2) is 28.9 Å². The number of hydrogen-bond donors (Lipinski definition) is 1. The van der Waals surface area contributed by atoms with Crippen LogP contribution in [0.15, 0.2) is 30.3 Å². The topological polar surface area (TPSA) is 44.5 Å². The van der Waals surface area contributed by atoms with Crippen molar-refractivity contribution in [1.82, 2.24) is 0 Å². The lowest BCUT2D eigenvalue weighted by Gasteiger charge is -2.14. The van der Waals surface area contributed by atoms with Gasteiger partial charge in [0.25, 0.3) is 0 Å². The van der Waals surface area contributed by atoms with Crippen LogP contribution in [0.25, 0.3) is 0 Å². The molecule has 2 rings (SSSR count). The minimum atomic E-state index is -0.884. The minimum Gasteiger partial charge on any atom is -0.488 e. The highest BCUT2D eigenvalue weighted by Crippen LogP contribution is 2.34. The second-order valence-corrected chi connectivity index (χ2v) is 4.66. The predicted molar refractivity (Wildman–Crippen MR) is 73.0 cm³/mol. The molecule has 0 saturated heterocycles. The SMILES string of the molecule is CC(C)Oc1cc(Oc2ccc(F)cc2F)c(N)cc1F. The van der Waals surface area contributed by atoms with Crippen LogP contribution >= 0.6 is 0 Å². The van der Waals surface area contributed by atoms with Gasteiger partial charge in [-0.3, -0.25) is 0 Å². The maximum atomic E-state index is 13.7. The molecule has 0 heterocycles. The molecule has 6 heteroatoms. The standard InChI is InChI=1S/C15H14F3NO2/c1-8(2)20-14-7-15(12(19)6-11(14)18)21-13-4-3-9(16)5-10(13)17/h3-8H,19H2,1-2H3. The third-order valence-corrected chi connectivity index (χ3v) is 2.54. The normalized spacial score (nSPS) is 10.8. The lowest BCUT2D eigenvalue weighted by Crippen LogP contribution is -2.07. The molecule has 112 valence electrons. The second-order valence-electron chi connectivity index (χ2n) is 4.66. The third kappa shape index (κ3) is 3.59. The largest absolute Gasteiger partial charge is 0.488 e. The predicted octanol–water partition coefficient (Wildman–Crippen LogP) is 4.27. The fourth-order valence-corrected chi connectivity index (χ4v) is 1.66. The second kappa shape index (κ2) is 5.95. The van der Waals surface area contributed by atoms with Crippen molar-refractivity contribution in [1.29, 1.82) is 0 Å². The number of anilines is 1. The molecule has 0 spiro atoms. The molecular formula is C15H14F3NO2. The van der Waals surface area contributed by atoms with E-state index in [1.54, 1.807) is 13.8 Å². The van der Waals surface area contributed by atoms with E-state index in [-0.39, 0.29) is 29.0 Å². The first-order valence-electron chi connectivity index (χ1n) is 6.25. The monoisotopic (exact) mass is 297 g/mol.